The van der Waals surface area contributed by atoms with Gasteiger partial charge in [0.25, 0.3) is 0 Å². The predicted molar refractivity (Wildman–Crippen MR) is 122 cm³/mol. The van der Waals surface area contributed by atoms with Crippen LogP contribution in [0.25, 0.3) is 11.1 Å². The molecule has 0 bridgehead atoms. The van der Waals surface area contributed by atoms with E-state index in [1.807, 2.05) is 60.7 Å². The van der Waals surface area contributed by atoms with Crippen LogP contribution >= 0.6 is 0 Å². The van der Waals surface area contributed by atoms with Gasteiger partial charge in [-0.25, -0.2) is 4.79 Å². The minimum Gasteiger partial charge on any atom is -0.494 e. The largest absolute Gasteiger partial charge is 0.494 e. The second-order valence-corrected chi connectivity index (χ2v) is 7.44. The Bertz CT molecular complexity index is 910. The maximum atomic E-state index is 12.5. The third-order valence-electron chi connectivity index (χ3n) is 4.98. The van der Waals surface area contributed by atoms with Crippen molar-refractivity contribution in [1.29, 1.82) is 0 Å². The SMILES string of the molecule is CCCCCc1ccc(OC(=O)c2ccc(-c3ccc(OCCC)cc3)cc2)cc1. The number of rotatable bonds is 10. The first-order valence-electron chi connectivity index (χ1n) is 10.8. The van der Waals surface area contributed by atoms with Crippen molar-refractivity contribution in [3.8, 4) is 22.6 Å². The van der Waals surface area contributed by atoms with E-state index in [1.165, 1.54) is 24.8 Å². The Kier molecular flexibility index (Phi) is 8.08. The Morgan fingerprint density at radius 3 is 1.90 bits per heavy atom. The highest BCUT2D eigenvalue weighted by Crippen LogP contribution is 2.23. The molecule has 3 aromatic rings. The number of hydrogen-bond acceptors (Lipinski definition) is 3. The van der Waals surface area contributed by atoms with Gasteiger partial charge in [0.15, 0.2) is 0 Å². The van der Waals surface area contributed by atoms with E-state index in [-0.39, 0.29) is 5.97 Å². The van der Waals surface area contributed by atoms with Crippen molar-refractivity contribution in [3.63, 3.8) is 0 Å². The van der Waals surface area contributed by atoms with E-state index < -0.39 is 0 Å². The average molecular weight is 403 g/mol. The summed E-state index contributed by atoms with van der Waals surface area (Å²) in [6.07, 6.45) is 5.70. The average Bonchev–Trinajstić information content (AvgIpc) is 2.79. The molecule has 3 rings (SSSR count). The van der Waals surface area contributed by atoms with E-state index in [9.17, 15) is 4.79 Å². The molecule has 0 heterocycles. The summed E-state index contributed by atoms with van der Waals surface area (Å²) in [6, 6.07) is 23.3. The summed E-state index contributed by atoms with van der Waals surface area (Å²) in [7, 11) is 0. The fourth-order valence-corrected chi connectivity index (χ4v) is 3.23. The number of carbonyl (C=O) groups excluding carboxylic acids is 1. The van der Waals surface area contributed by atoms with Crippen LogP contribution in [0.15, 0.2) is 72.8 Å². The highest BCUT2D eigenvalue weighted by atomic mass is 16.5. The first-order valence-corrected chi connectivity index (χ1v) is 10.8. The first kappa shape index (κ1) is 21.6. The fourth-order valence-electron chi connectivity index (χ4n) is 3.23. The van der Waals surface area contributed by atoms with Gasteiger partial charge in [0.05, 0.1) is 12.2 Å². The highest BCUT2D eigenvalue weighted by molar-refractivity contribution is 5.91. The summed E-state index contributed by atoms with van der Waals surface area (Å²) in [4.78, 5) is 12.5. The quantitative estimate of drug-likeness (QED) is 0.206. The fraction of sp³-hybridized carbons (Fsp3) is 0.296. The van der Waals surface area contributed by atoms with E-state index in [0.717, 1.165) is 36.3 Å². The smallest absolute Gasteiger partial charge is 0.343 e. The van der Waals surface area contributed by atoms with E-state index in [1.54, 1.807) is 12.1 Å². The molecule has 0 aliphatic carbocycles. The van der Waals surface area contributed by atoms with Gasteiger partial charge in [-0.05, 0) is 72.4 Å². The van der Waals surface area contributed by atoms with Crippen LogP contribution in [0.5, 0.6) is 11.5 Å². The zero-order valence-corrected chi connectivity index (χ0v) is 17.9. The molecule has 0 atom stereocenters. The van der Waals surface area contributed by atoms with Crippen LogP contribution in [0.2, 0.25) is 0 Å². The monoisotopic (exact) mass is 402 g/mol. The molecule has 0 aliphatic rings. The third-order valence-corrected chi connectivity index (χ3v) is 4.98. The van der Waals surface area contributed by atoms with Crippen LogP contribution in [-0.2, 0) is 6.42 Å². The zero-order valence-electron chi connectivity index (χ0n) is 17.9. The molecule has 0 fully saturated rings. The van der Waals surface area contributed by atoms with Gasteiger partial charge in [-0.15, -0.1) is 0 Å². The lowest BCUT2D eigenvalue weighted by atomic mass is 10.0. The number of carbonyl (C=O) groups is 1. The van der Waals surface area contributed by atoms with E-state index in [2.05, 4.69) is 13.8 Å². The summed E-state index contributed by atoms with van der Waals surface area (Å²) in [5.41, 5.74) is 3.94. The molecule has 3 heteroatoms. The molecule has 0 saturated heterocycles. The molecular weight excluding hydrogens is 372 g/mol. The Morgan fingerprint density at radius 1 is 0.700 bits per heavy atom. The second kappa shape index (κ2) is 11.2. The van der Waals surface area contributed by atoms with Gasteiger partial charge < -0.3 is 9.47 Å². The molecule has 0 unspecified atom stereocenters. The molecule has 0 saturated carbocycles. The van der Waals surface area contributed by atoms with Crippen molar-refractivity contribution in [1.82, 2.24) is 0 Å². The summed E-state index contributed by atoms with van der Waals surface area (Å²) in [5, 5.41) is 0. The lowest BCUT2D eigenvalue weighted by molar-refractivity contribution is 0.0734. The van der Waals surface area contributed by atoms with Crippen molar-refractivity contribution < 1.29 is 14.3 Å². The van der Waals surface area contributed by atoms with Crippen LogP contribution in [-0.4, -0.2) is 12.6 Å². The minimum atomic E-state index is -0.344. The van der Waals surface area contributed by atoms with Gasteiger partial charge in [0.1, 0.15) is 11.5 Å². The van der Waals surface area contributed by atoms with Crippen LogP contribution in [0.4, 0.5) is 0 Å². The highest BCUT2D eigenvalue weighted by Gasteiger charge is 2.09. The lowest BCUT2D eigenvalue weighted by Crippen LogP contribution is -2.08. The van der Waals surface area contributed by atoms with Gasteiger partial charge in [-0.1, -0.05) is 63.1 Å². The Morgan fingerprint density at radius 2 is 1.30 bits per heavy atom. The van der Waals surface area contributed by atoms with Gasteiger partial charge in [0.2, 0.25) is 0 Å². The van der Waals surface area contributed by atoms with Crippen molar-refractivity contribution in [3.05, 3.63) is 83.9 Å². The topological polar surface area (TPSA) is 35.5 Å². The number of esters is 1. The number of hydrogen-bond donors (Lipinski definition) is 0. The lowest BCUT2D eigenvalue weighted by Gasteiger charge is -2.08. The summed E-state index contributed by atoms with van der Waals surface area (Å²) >= 11 is 0. The van der Waals surface area contributed by atoms with Crippen molar-refractivity contribution >= 4 is 5.97 Å². The van der Waals surface area contributed by atoms with Crippen molar-refractivity contribution in [2.24, 2.45) is 0 Å². The normalized spacial score (nSPS) is 10.6. The van der Waals surface area contributed by atoms with Crippen LogP contribution < -0.4 is 9.47 Å². The van der Waals surface area contributed by atoms with Gasteiger partial charge in [0, 0.05) is 0 Å². The molecule has 3 nitrogen and oxygen atoms in total. The Balaban J connectivity index is 1.58. The Labute approximate surface area is 179 Å². The van der Waals surface area contributed by atoms with Gasteiger partial charge in [-0.2, -0.15) is 0 Å². The molecule has 0 aromatic heterocycles. The van der Waals surface area contributed by atoms with E-state index >= 15 is 0 Å². The third kappa shape index (κ3) is 6.21. The summed E-state index contributed by atoms with van der Waals surface area (Å²) < 4.78 is 11.1. The molecule has 156 valence electrons. The molecule has 0 spiro atoms. The number of benzene rings is 3. The number of unbranched alkanes of at least 4 members (excludes halogenated alkanes) is 2. The minimum absolute atomic E-state index is 0.344. The summed E-state index contributed by atoms with van der Waals surface area (Å²) in [6.45, 7) is 5.01. The second-order valence-electron chi connectivity index (χ2n) is 7.44. The van der Waals surface area contributed by atoms with E-state index in [0.29, 0.717) is 11.3 Å². The van der Waals surface area contributed by atoms with E-state index in [4.69, 9.17) is 9.47 Å². The van der Waals surface area contributed by atoms with Crippen LogP contribution in [0.1, 0.15) is 55.5 Å². The Hall–Kier alpha value is -3.07. The van der Waals surface area contributed by atoms with Crippen LogP contribution in [0.3, 0.4) is 0 Å². The van der Waals surface area contributed by atoms with Crippen molar-refractivity contribution in [2.75, 3.05) is 6.61 Å². The molecule has 0 radical (unpaired) electrons. The number of ether oxygens (including phenoxy) is 2. The maximum Gasteiger partial charge on any atom is 0.343 e. The zero-order chi connectivity index (χ0) is 21.2. The molecule has 30 heavy (non-hydrogen) atoms. The molecule has 3 aromatic carbocycles. The molecular formula is C27H30O3. The molecule has 0 amide bonds. The predicted octanol–water partition coefficient (Wildman–Crippen LogP) is 7.09. The summed E-state index contributed by atoms with van der Waals surface area (Å²) in [5.74, 6) is 1.10. The number of aryl methyl sites for hydroxylation is 1. The first-order chi connectivity index (χ1) is 14.7. The standard InChI is InChI=1S/C27H30O3/c1-3-5-6-7-21-8-16-26(17-9-21)30-27(28)24-12-10-22(11-13-24)23-14-18-25(19-15-23)29-20-4-2/h8-19H,3-7,20H2,1-2H3. The molecule has 0 N–H and O–H groups in total. The van der Waals surface area contributed by atoms with Gasteiger partial charge >= 0.3 is 5.97 Å². The van der Waals surface area contributed by atoms with Crippen molar-refractivity contribution in [2.45, 2.75) is 46.0 Å². The van der Waals surface area contributed by atoms with Crippen LogP contribution in [0, 0.1) is 0 Å². The maximum absolute atomic E-state index is 12.5. The van der Waals surface area contributed by atoms with Gasteiger partial charge in [-0.3, -0.25) is 0 Å². The molecule has 0 aliphatic heterocycles.